The molecular weight excluding hydrogens is 470 g/mol. The van der Waals surface area contributed by atoms with E-state index in [0.717, 1.165) is 0 Å². The van der Waals surface area contributed by atoms with E-state index < -0.39 is 42.0 Å². The van der Waals surface area contributed by atoms with E-state index in [1.54, 1.807) is 36.4 Å². The minimum atomic E-state index is -2.19. The molecule has 10 nitrogen and oxygen atoms in total. The zero-order valence-corrected chi connectivity index (χ0v) is 19.0. The van der Waals surface area contributed by atoms with Gasteiger partial charge in [-0.2, -0.15) is 0 Å². The van der Waals surface area contributed by atoms with Crippen molar-refractivity contribution in [2.75, 3.05) is 12.4 Å². The first-order valence-electron chi connectivity index (χ1n) is 10.5. The van der Waals surface area contributed by atoms with Crippen LogP contribution in [0.4, 0.5) is 5.69 Å². The number of amides is 1. The van der Waals surface area contributed by atoms with Crippen LogP contribution in [0.2, 0.25) is 0 Å². The van der Waals surface area contributed by atoms with Crippen molar-refractivity contribution in [1.82, 2.24) is 0 Å². The van der Waals surface area contributed by atoms with Crippen LogP contribution in [0.3, 0.4) is 0 Å². The molecule has 0 saturated heterocycles. The average molecular weight is 491 g/mol. The lowest BCUT2D eigenvalue weighted by molar-refractivity contribution is -0.157. The van der Waals surface area contributed by atoms with Crippen LogP contribution in [0.15, 0.2) is 84.9 Å². The summed E-state index contributed by atoms with van der Waals surface area (Å²) in [6.07, 6.45) is -4.26. The summed E-state index contributed by atoms with van der Waals surface area (Å²) < 4.78 is 15.0. The third-order valence-electron chi connectivity index (χ3n) is 4.81. The van der Waals surface area contributed by atoms with Gasteiger partial charge in [-0.15, -0.1) is 0 Å². The maximum Gasteiger partial charge on any atom is 0.349 e. The zero-order valence-electron chi connectivity index (χ0n) is 19.0. The number of rotatable bonds is 9. The van der Waals surface area contributed by atoms with Crippen molar-refractivity contribution in [1.29, 1.82) is 0 Å². The number of hydrogen-bond donors (Lipinski definition) is 2. The van der Waals surface area contributed by atoms with Gasteiger partial charge in [-0.25, -0.2) is 19.2 Å². The lowest BCUT2D eigenvalue weighted by Crippen LogP contribution is -2.48. The van der Waals surface area contributed by atoms with Gasteiger partial charge in [0, 0.05) is 5.69 Å². The van der Waals surface area contributed by atoms with E-state index >= 15 is 0 Å². The van der Waals surface area contributed by atoms with Gasteiger partial charge in [0.1, 0.15) is 0 Å². The largest absolute Gasteiger partial charge is 0.478 e. The summed E-state index contributed by atoms with van der Waals surface area (Å²) in [6, 6.07) is 20.7. The van der Waals surface area contributed by atoms with Gasteiger partial charge in [0.25, 0.3) is 5.91 Å². The molecule has 3 aromatic carbocycles. The quantitative estimate of drug-likeness (QED) is 0.341. The van der Waals surface area contributed by atoms with Gasteiger partial charge in [-0.05, 0) is 42.5 Å². The topological polar surface area (TPSA) is 145 Å². The van der Waals surface area contributed by atoms with Crippen LogP contribution in [0.5, 0.6) is 0 Å². The number of methoxy groups -OCH3 is 1. The molecule has 3 aromatic rings. The van der Waals surface area contributed by atoms with Crippen LogP contribution < -0.4 is 5.32 Å². The van der Waals surface area contributed by atoms with E-state index in [1.165, 1.54) is 55.6 Å². The molecule has 3 rings (SSSR count). The molecule has 2 N–H and O–H groups in total. The second-order valence-corrected chi connectivity index (χ2v) is 7.28. The van der Waals surface area contributed by atoms with E-state index in [4.69, 9.17) is 9.47 Å². The fourth-order valence-electron chi connectivity index (χ4n) is 3.06. The van der Waals surface area contributed by atoms with E-state index in [2.05, 4.69) is 10.1 Å². The smallest absolute Gasteiger partial charge is 0.349 e. The van der Waals surface area contributed by atoms with Crippen LogP contribution in [0, 0.1) is 0 Å². The standard InChI is InChI=1S/C26H21NO9/c1-34-24(31)18-13-8-14-19(15-18)27-22(28)20(35-25(32)16-9-4-2-5-10-16)21(23(29)30)36-26(33)17-11-6-3-7-12-17/h2-15,20-21H,1H3,(H,27,28)(H,29,30). The van der Waals surface area contributed by atoms with E-state index in [-0.39, 0.29) is 22.4 Å². The molecule has 0 bridgehead atoms. The predicted octanol–water partition coefficient (Wildman–Crippen LogP) is 2.95. The lowest BCUT2D eigenvalue weighted by atomic mass is 10.1. The molecule has 0 spiro atoms. The lowest BCUT2D eigenvalue weighted by Gasteiger charge is -2.23. The number of benzene rings is 3. The third kappa shape index (κ3) is 6.54. The number of anilines is 1. The molecule has 36 heavy (non-hydrogen) atoms. The van der Waals surface area contributed by atoms with Gasteiger partial charge >= 0.3 is 23.9 Å². The molecule has 0 saturated carbocycles. The predicted molar refractivity (Wildman–Crippen MR) is 125 cm³/mol. The molecular formula is C26H21NO9. The SMILES string of the molecule is COC(=O)c1cccc(NC(=O)C(OC(=O)c2ccccc2)C(OC(=O)c2ccccc2)C(=O)O)c1. The number of hydrogen-bond acceptors (Lipinski definition) is 8. The van der Waals surface area contributed by atoms with Crippen LogP contribution in [-0.4, -0.2) is 54.2 Å². The molecule has 1 amide bonds. The summed E-state index contributed by atoms with van der Waals surface area (Å²) in [6.45, 7) is 0. The van der Waals surface area contributed by atoms with E-state index in [0.29, 0.717) is 0 Å². The first-order valence-corrected chi connectivity index (χ1v) is 10.5. The number of carboxylic acid groups (broad SMARTS) is 1. The zero-order chi connectivity index (χ0) is 26.1. The number of carbonyl (C=O) groups excluding carboxylic acids is 4. The molecule has 0 aliphatic carbocycles. The van der Waals surface area contributed by atoms with Crippen LogP contribution in [-0.2, 0) is 23.8 Å². The number of carbonyl (C=O) groups is 5. The molecule has 0 aliphatic heterocycles. The van der Waals surface area contributed by atoms with Crippen LogP contribution >= 0.6 is 0 Å². The van der Waals surface area contributed by atoms with Crippen LogP contribution in [0.25, 0.3) is 0 Å². The Morgan fingerprint density at radius 2 is 1.17 bits per heavy atom. The number of ether oxygens (including phenoxy) is 3. The van der Waals surface area contributed by atoms with Crippen molar-refractivity contribution in [3.63, 3.8) is 0 Å². The number of carboxylic acids is 1. The summed E-state index contributed by atoms with van der Waals surface area (Å²) in [7, 11) is 1.19. The molecule has 0 aliphatic rings. The Kier molecular flexibility index (Phi) is 8.49. The van der Waals surface area contributed by atoms with Gasteiger partial charge in [0.15, 0.2) is 0 Å². The second kappa shape index (κ2) is 11.9. The highest BCUT2D eigenvalue weighted by Gasteiger charge is 2.41. The summed E-state index contributed by atoms with van der Waals surface area (Å²) >= 11 is 0. The van der Waals surface area contributed by atoms with E-state index in [1.807, 2.05) is 0 Å². The van der Waals surface area contributed by atoms with Crippen molar-refractivity contribution in [2.24, 2.45) is 0 Å². The molecule has 184 valence electrons. The van der Waals surface area contributed by atoms with Crippen molar-refractivity contribution in [2.45, 2.75) is 12.2 Å². The molecule has 0 fully saturated rings. The van der Waals surface area contributed by atoms with Gasteiger partial charge in [-0.1, -0.05) is 42.5 Å². The molecule has 2 atom stereocenters. The fourth-order valence-corrected chi connectivity index (χ4v) is 3.06. The Bertz CT molecular complexity index is 1260. The summed E-state index contributed by atoms with van der Waals surface area (Å²) in [5.41, 5.74) is 0.269. The number of aliphatic carboxylic acids is 1. The van der Waals surface area contributed by atoms with Gasteiger partial charge in [-0.3, -0.25) is 4.79 Å². The summed E-state index contributed by atoms with van der Waals surface area (Å²) in [4.78, 5) is 62.2. The van der Waals surface area contributed by atoms with Crippen molar-refractivity contribution in [3.05, 3.63) is 102 Å². The molecule has 0 aromatic heterocycles. The Hall–Kier alpha value is -4.99. The highest BCUT2D eigenvalue weighted by molar-refractivity contribution is 6.02. The van der Waals surface area contributed by atoms with Gasteiger partial charge < -0.3 is 24.6 Å². The van der Waals surface area contributed by atoms with Crippen molar-refractivity contribution >= 4 is 35.5 Å². The van der Waals surface area contributed by atoms with Crippen molar-refractivity contribution in [3.8, 4) is 0 Å². The Morgan fingerprint density at radius 1 is 0.667 bits per heavy atom. The summed E-state index contributed by atoms with van der Waals surface area (Å²) in [5, 5.41) is 12.2. The Morgan fingerprint density at radius 3 is 1.67 bits per heavy atom. The highest BCUT2D eigenvalue weighted by Crippen LogP contribution is 2.17. The Labute approximate surface area is 205 Å². The highest BCUT2D eigenvalue weighted by atomic mass is 16.6. The van der Waals surface area contributed by atoms with Crippen molar-refractivity contribution < 1.29 is 43.3 Å². The summed E-state index contributed by atoms with van der Waals surface area (Å²) in [5.74, 6) is -5.54. The van der Waals surface area contributed by atoms with E-state index in [9.17, 15) is 29.1 Å². The monoisotopic (exact) mass is 491 g/mol. The normalized spacial score (nSPS) is 11.9. The van der Waals surface area contributed by atoms with Crippen LogP contribution in [0.1, 0.15) is 31.1 Å². The minimum Gasteiger partial charge on any atom is -0.478 e. The molecule has 0 heterocycles. The molecule has 2 unspecified atom stereocenters. The molecule has 10 heteroatoms. The first kappa shape index (κ1) is 25.6. The maximum atomic E-state index is 13.1. The Balaban J connectivity index is 1.91. The number of esters is 3. The second-order valence-electron chi connectivity index (χ2n) is 7.28. The first-order chi connectivity index (χ1) is 17.3. The number of nitrogens with one attached hydrogen (secondary N) is 1. The van der Waals surface area contributed by atoms with Gasteiger partial charge in [0.2, 0.25) is 12.2 Å². The minimum absolute atomic E-state index is 0.0306. The van der Waals surface area contributed by atoms with Gasteiger partial charge in [0.05, 0.1) is 23.8 Å². The maximum absolute atomic E-state index is 13.1. The third-order valence-corrected chi connectivity index (χ3v) is 4.81. The fraction of sp³-hybridized carbons (Fsp3) is 0.115. The molecule has 0 radical (unpaired) electrons. The average Bonchev–Trinajstić information content (AvgIpc) is 2.90.